The van der Waals surface area contributed by atoms with Gasteiger partial charge >= 0.3 is 5.97 Å². The maximum atomic E-state index is 10.4. The van der Waals surface area contributed by atoms with Crippen LogP contribution in [0.3, 0.4) is 0 Å². The van der Waals surface area contributed by atoms with Crippen LogP contribution >= 0.6 is 0 Å². The highest BCUT2D eigenvalue weighted by Crippen LogP contribution is 2.07. The molecule has 0 aromatic carbocycles. The van der Waals surface area contributed by atoms with Gasteiger partial charge in [0.1, 0.15) is 12.4 Å². The number of carbonyl (C=O) groups is 1. The minimum atomic E-state index is -0.886. The Morgan fingerprint density at radius 3 is 2.62 bits per heavy atom. The molecule has 0 fully saturated rings. The van der Waals surface area contributed by atoms with E-state index in [1.54, 1.807) is 18.7 Å². The fraction of sp³-hybridized carbons (Fsp3) is 0.571. The predicted molar refractivity (Wildman–Crippen MR) is 46.6 cm³/mol. The van der Waals surface area contributed by atoms with E-state index in [9.17, 15) is 4.79 Å². The van der Waals surface area contributed by atoms with E-state index in [-0.39, 0.29) is 6.54 Å². The number of hydrogen-bond donors (Lipinski definition) is 1. The van der Waals surface area contributed by atoms with Crippen LogP contribution in [0.25, 0.3) is 0 Å². The normalized spacial score (nSPS) is 10.1. The average Bonchev–Trinajstić information content (AvgIpc) is 2.31. The maximum absolute atomic E-state index is 10.4. The summed E-state index contributed by atoms with van der Waals surface area (Å²) >= 11 is 0. The van der Waals surface area contributed by atoms with E-state index < -0.39 is 5.97 Å². The summed E-state index contributed by atoms with van der Waals surface area (Å²) in [6.07, 6.45) is 0. The Morgan fingerprint density at radius 2 is 2.23 bits per heavy atom. The summed E-state index contributed by atoms with van der Waals surface area (Å²) in [6.45, 7) is 1.73. The number of anilines is 1. The molecule has 0 aliphatic rings. The Labute approximate surface area is 75.8 Å². The van der Waals surface area contributed by atoms with Crippen molar-refractivity contribution in [1.29, 1.82) is 0 Å². The van der Waals surface area contributed by atoms with Crippen molar-refractivity contribution in [2.45, 2.75) is 6.92 Å². The summed E-state index contributed by atoms with van der Waals surface area (Å²) < 4.78 is 1.74. The summed E-state index contributed by atoms with van der Waals surface area (Å²) in [5, 5.41) is 16.2. The minimum Gasteiger partial charge on any atom is -0.480 e. The van der Waals surface area contributed by atoms with Crippen LogP contribution in [0.4, 0.5) is 5.95 Å². The highest BCUT2D eigenvalue weighted by molar-refractivity contribution is 5.72. The first-order chi connectivity index (χ1) is 6.02. The zero-order valence-corrected chi connectivity index (χ0v) is 7.85. The Bertz CT molecular complexity index is 320. The molecule has 1 heterocycles. The molecule has 1 aromatic rings. The summed E-state index contributed by atoms with van der Waals surface area (Å²) in [5.74, 6) is 0.426. The van der Waals surface area contributed by atoms with Crippen LogP contribution in [-0.4, -0.2) is 39.4 Å². The van der Waals surface area contributed by atoms with Crippen molar-refractivity contribution in [2.24, 2.45) is 7.05 Å². The molecule has 1 N–H and O–H groups in total. The van der Waals surface area contributed by atoms with E-state index in [1.165, 1.54) is 4.90 Å². The van der Waals surface area contributed by atoms with Crippen LogP contribution in [0.5, 0.6) is 0 Å². The van der Waals surface area contributed by atoms with E-state index in [0.29, 0.717) is 5.95 Å². The third-order valence-corrected chi connectivity index (χ3v) is 1.78. The molecule has 0 saturated carbocycles. The Kier molecular flexibility index (Phi) is 2.50. The van der Waals surface area contributed by atoms with Crippen molar-refractivity contribution in [2.75, 3.05) is 18.5 Å². The van der Waals surface area contributed by atoms with Gasteiger partial charge in [-0.2, -0.15) is 0 Å². The van der Waals surface area contributed by atoms with Gasteiger partial charge in [-0.15, -0.1) is 10.2 Å². The molecule has 13 heavy (non-hydrogen) atoms. The highest BCUT2D eigenvalue weighted by Gasteiger charge is 2.12. The number of rotatable bonds is 3. The molecule has 0 saturated heterocycles. The van der Waals surface area contributed by atoms with Gasteiger partial charge in [0.05, 0.1) is 0 Å². The smallest absolute Gasteiger partial charge is 0.323 e. The van der Waals surface area contributed by atoms with Crippen molar-refractivity contribution in [3.8, 4) is 0 Å². The van der Waals surface area contributed by atoms with Gasteiger partial charge in [0.25, 0.3) is 0 Å². The molecule has 6 nitrogen and oxygen atoms in total. The molecular weight excluding hydrogens is 172 g/mol. The average molecular weight is 184 g/mol. The van der Waals surface area contributed by atoms with Crippen LogP contribution < -0.4 is 4.90 Å². The number of carboxylic acid groups (broad SMARTS) is 1. The molecule has 6 heteroatoms. The van der Waals surface area contributed by atoms with Crippen LogP contribution in [-0.2, 0) is 11.8 Å². The van der Waals surface area contributed by atoms with Crippen molar-refractivity contribution >= 4 is 11.9 Å². The number of carboxylic acids is 1. The molecule has 0 aliphatic heterocycles. The zero-order chi connectivity index (χ0) is 10.0. The first-order valence-electron chi connectivity index (χ1n) is 3.81. The molecule has 72 valence electrons. The second-order valence-corrected chi connectivity index (χ2v) is 2.86. The summed E-state index contributed by atoms with van der Waals surface area (Å²) in [4.78, 5) is 11.9. The molecular formula is C7H12N4O2. The van der Waals surface area contributed by atoms with Crippen LogP contribution in [0.2, 0.25) is 0 Å². The van der Waals surface area contributed by atoms with Gasteiger partial charge < -0.3 is 14.6 Å². The monoisotopic (exact) mass is 184 g/mol. The Morgan fingerprint density at radius 1 is 1.62 bits per heavy atom. The first-order valence-corrected chi connectivity index (χ1v) is 3.81. The van der Waals surface area contributed by atoms with E-state index in [4.69, 9.17) is 5.11 Å². The minimum absolute atomic E-state index is 0.0774. The molecule has 0 unspecified atom stereocenters. The molecule has 0 spiro atoms. The van der Waals surface area contributed by atoms with E-state index >= 15 is 0 Å². The lowest BCUT2D eigenvalue weighted by atomic mass is 10.6. The predicted octanol–water partition coefficient (Wildman–Crippen LogP) is -0.356. The second kappa shape index (κ2) is 3.42. The third-order valence-electron chi connectivity index (χ3n) is 1.78. The highest BCUT2D eigenvalue weighted by atomic mass is 16.4. The largest absolute Gasteiger partial charge is 0.480 e. The van der Waals surface area contributed by atoms with Crippen LogP contribution in [0.1, 0.15) is 5.82 Å². The lowest BCUT2D eigenvalue weighted by molar-refractivity contribution is -0.135. The standard InChI is InChI=1S/C7H12N4O2/c1-5-8-9-7(11(5)3)10(2)4-6(12)13/h4H2,1-3H3,(H,12,13). The summed E-state index contributed by atoms with van der Waals surface area (Å²) in [7, 11) is 3.46. The number of nitrogens with zero attached hydrogens (tertiary/aromatic N) is 4. The molecule has 0 bridgehead atoms. The second-order valence-electron chi connectivity index (χ2n) is 2.86. The van der Waals surface area contributed by atoms with Gasteiger partial charge in [-0.3, -0.25) is 4.79 Å². The van der Waals surface area contributed by atoms with Crippen LogP contribution in [0, 0.1) is 6.92 Å². The van der Waals surface area contributed by atoms with Crippen molar-refractivity contribution < 1.29 is 9.90 Å². The molecule has 0 radical (unpaired) electrons. The van der Waals surface area contributed by atoms with Crippen molar-refractivity contribution in [3.05, 3.63) is 5.82 Å². The van der Waals surface area contributed by atoms with E-state index in [1.807, 2.05) is 6.92 Å². The summed E-state index contributed by atoms with van der Waals surface area (Å²) in [5.41, 5.74) is 0. The Balaban J connectivity index is 2.82. The van der Waals surface area contributed by atoms with E-state index in [2.05, 4.69) is 10.2 Å². The molecule has 1 aromatic heterocycles. The Hall–Kier alpha value is -1.59. The lowest BCUT2D eigenvalue weighted by Gasteiger charge is -2.14. The van der Waals surface area contributed by atoms with Crippen molar-refractivity contribution in [1.82, 2.24) is 14.8 Å². The topological polar surface area (TPSA) is 71.2 Å². The first kappa shape index (κ1) is 9.50. The fourth-order valence-electron chi connectivity index (χ4n) is 1.00. The number of aromatic nitrogens is 3. The van der Waals surface area contributed by atoms with Gasteiger partial charge in [0.2, 0.25) is 5.95 Å². The van der Waals surface area contributed by atoms with Gasteiger partial charge in [0, 0.05) is 14.1 Å². The molecule has 0 aliphatic carbocycles. The van der Waals surface area contributed by atoms with Crippen molar-refractivity contribution in [3.63, 3.8) is 0 Å². The number of hydrogen-bond acceptors (Lipinski definition) is 4. The van der Waals surface area contributed by atoms with Crippen LogP contribution in [0.15, 0.2) is 0 Å². The van der Waals surface area contributed by atoms with Gasteiger partial charge in [-0.25, -0.2) is 0 Å². The van der Waals surface area contributed by atoms with Gasteiger partial charge in [0.15, 0.2) is 0 Å². The lowest BCUT2D eigenvalue weighted by Crippen LogP contribution is -2.27. The molecule has 0 amide bonds. The number of likely N-dealkylation sites (N-methyl/N-ethyl adjacent to an activating group) is 1. The zero-order valence-electron chi connectivity index (χ0n) is 7.85. The fourth-order valence-corrected chi connectivity index (χ4v) is 1.00. The number of aryl methyl sites for hydroxylation is 1. The maximum Gasteiger partial charge on any atom is 0.323 e. The van der Waals surface area contributed by atoms with E-state index in [0.717, 1.165) is 5.82 Å². The van der Waals surface area contributed by atoms with Gasteiger partial charge in [-0.05, 0) is 6.92 Å². The molecule has 1 rings (SSSR count). The quantitative estimate of drug-likeness (QED) is 0.694. The SMILES string of the molecule is Cc1nnc(N(C)CC(=O)O)n1C. The van der Waals surface area contributed by atoms with Gasteiger partial charge in [-0.1, -0.05) is 0 Å². The summed E-state index contributed by atoms with van der Waals surface area (Å²) in [6, 6.07) is 0. The third kappa shape index (κ3) is 1.95. The number of aliphatic carboxylic acids is 1. The molecule has 0 atom stereocenters.